The van der Waals surface area contributed by atoms with E-state index in [0.717, 1.165) is 11.3 Å². The summed E-state index contributed by atoms with van der Waals surface area (Å²) in [5.41, 5.74) is 1.14. The molecule has 0 spiro atoms. The van der Waals surface area contributed by atoms with E-state index < -0.39 is 5.60 Å². The number of hydrogen-bond acceptors (Lipinski definition) is 3. The summed E-state index contributed by atoms with van der Waals surface area (Å²) < 4.78 is 5.14. The quantitative estimate of drug-likeness (QED) is 0.842. The third-order valence-corrected chi connectivity index (χ3v) is 3.60. The van der Waals surface area contributed by atoms with Crippen LogP contribution in [-0.4, -0.2) is 23.7 Å². The van der Waals surface area contributed by atoms with Gasteiger partial charge in [0.1, 0.15) is 11.4 Å². The molecule has 0 aliphatic heterocycles. The Bertz CT molecular complexity index is 792. The van der Waals surface area contributed by atoms with Crippen molar-refractivity contribution in [2.75, 3.05) is 7.11 Å². The topological polar surface area (TPSA) is 58.6 Å². The number of carbonyl (C=O) groups is 1. The molecule has 1 amide bonds. The van der Waals surface area contributed by atoms with Crippen LogP contribution in [0.25, 0.3) is 0 Å². The van der Waals surface area contributed by atoms with Crippen molar-refractivity contribution in [3.05, 3.63) is 65.2 Å². The van der Waals surface area contributed by atoms with Crippen molar-refractivity contribution < 1.29 is 14.6 Å². The fourth-order valence-electron chi connectivity index (χ4n) is 2.22. The van der Waals surface area contributed by atoms with Gasteiger partial charge in [-0.1, -0.05) is 30.0 Å². The molecule has 0 aromatic heterocycles. The lowest BCUT2D eigenvalue weighted by atomic mass is 10.1. The van der Waals surface area contributed by atoms with Gasteiger partial charge in [0.05, 0.1) is 13.2 Å². The van der Waals surface area contributed by atoms with Crippen LogP contribution in [0.1, 0.15) is 48.3 Å². The minimum absolute atomic E-state index is 0.135. The van der Waals surface area contributed by atoms with Gasteiger partial charge in [0.2, 0.25) is 0 Å². The first kappa shape index (κ1) is 18.6. The van der Waals surface area contributed by atoms with Crippen LogP contribution in [-0.2, 0) is 0 Å². The first-order valence-electron chi connectivity index (χ1n) is 8.09. The standard InChI is InChI=1S/C21H23NO3/c1-15(17-8-10-19(25-4)11-9-17)22-20(23)18-7-5-6-16(14-18)12-13-21(2,3)24/h5-11,14-15,24H,1-4H3,(H,22,23)/t15-/m1/s1. The molecule has 0 saturated heterocycles. The maximum atomic E-state index is 12.5. The Morgan fingerprint density at radius 1 is 1.20 bits per heavy atom. The van der Waals surface area contributed by atoms with Gasteiger partial charge in [0.15, 0.2) is 0 Å². The highest BCUT2D eigenvalue weighted by Gasteiger charge is 2.12. The highest BCUT2D eigenvalue weighted by molar-refractivity contribution is 5.94. The van der Waals surface area contributed by atoms with Crippen LogP contribution in [0.15, 0.2) is 48.5 Å². The van der Waals surface area contributed by atoms with E-state index in [9.17, 15) is 9.90 Å². The molecule has 4 nitrogen and oxygen atoms in total. The molecular formula is C21H23NO3. The van der Waals surface area contributed by atoms with E-state index in [-0.39, 0.29) is 11.9 Å². The summed E-state index contributed by atoms with van der Waals surface area (Å²) in [4.78, 5) is 12.5. The number of benzene rings is 2. The van der Waals surface area contributed by atoms with Gasteiger partial charge in [-0.25, -0.2) is 0 Å². The summed E-state index contributed by atoms with van der Waals surface area (Å²) in [5.74, 6) is 6.23. The number of hydrogen-bond donors (Lipinski definition) is 2. The molecule has 2 N–H and O–H groups in total. The fraction of sp³-hybridized carbons (Fsp3) is 0.286. The fourth-order valence-corrected chi connectivity index (χ4v) is 2.22. The van der Waals surface area contributed by atoms with E-state index in [0.29, 0.717) is 11.1 Å². The number of ether oxygens (including phenoxy) is 1. The van der Waals surface area contributed by atoms with E-state index in [4.69, 9.17) is 4.74 Å². The van der Waals surface area contributed by atoms with Gasteiger partial charge in [-0.2, -0.15) is 0 Å². The highest BCUT2D eigenvalue weighted by atomic mass is 16.5. The largest absolute Gasteiger partial charge is 0.497 e. The lowest BCUT2D eigenvalue weighted by Crippen LogP contribution is -2.26. The maximum absolute atomic E-state index is 12.5. The van der Waals surface area contributed by atoms with Crippen molar-refractivity contribution in [1.29, 1.82) is 0 Å². The number of amides is 1. The summed E-state index contributed by atoms with van der Waals surface area (Å²) >= 11 is 0. The normalized spacial score (nSPS) is 11.9. The van der Waals surface area contributed by atoms with E-state index in [1.54, 1.807) is 39.2 Å². The van der Waals surface area contributed by atoms with Crippen molar-refractivity contribution in [1.82, 2.24) is 5.32 Å². The Balaban J connectivity index is 2.10. The van der Waals surface area contributed by atoms with Crippen LogP contribution in [0, 0.1) is 11.8 Å². The van der Waals surface area contributed by atoms with Gasteiger partial charge in [-0.15, -0.1) is 0 Å². The molecule has 2 aromatic rings. The van der Waals surface area contributed by atoms with Crippen LogP contribution < -0.4 is 10.1 Å². The number of nitrogens with one attached hydrogen (secondary N) is 1. The van der Waals surface area contributed by atoms with Gasteiger partial charge < -0.3 is 15.2 Å². The Labute approximate surface area is 148 Å². The number of methoxy groups -OCH3 is 1. The molecule has 130 valence electrons. The summed E-state index contributed by atoms with van der Waals surface area (Å²) in [6.07, 6.45) is 0. The lowest BCUT2D eigenvalue weighted by molar-refractivity contribution is 0.0940. The van der Waals surface area contributed by atoms with E-state index in [1.807, 2.05) is 37.3 Å². The van der Waals surface area contributed by atoms with Crippen LogP contribution in [0.5, 0.6) is 5.75 Å². The van der Waals surface area contributed by atoms with Gasteiger partial charge in [0, 0.05) is 11.1 Å². The summed E-state index contributed by atoms with van der Waals surface area (Å²) in [5, 5.41) is 12.7. The van der Waals surface area contributed by atoms with Crippen molar-refractivity contribution in [3.8, 4) is 17.6 Å². The summed E-state index contributed by atoms with van der Waals surface area (Å²) in [6.45, 7) is 5.16. The molecule has 25 heavy (non-hydrogen) atoms. The first-order valence-corrected chi connectivity index (χ1v) is 8.09. The van der Waals surface area contributed by atoms with E-state index in [1.165, 1.54) is 0 Å². The van der Waals surface area contributed by atoms with Gasteiger partial charge in [-0.05, 0) is 56.7 Å². The van der Waals surface area contributed by atoms with Crippen LogP contribution in [0.4, 0.5) is 0 Å². The van der Waals surface area contributed by atoms with Crippen molar-refractivity contribution >= 4 is 5.91 Å². The monoisotopic (exact) mass is 337 g/mol. The second-order valence-electron chi connectivity index (χ2n) is 6.36. The first-order chi connectivity index (χ1) is 11.8. The van der Waals surface area contributed by atoms with E-state index in [2.05, 4.69) is 17.2 Å². The zero-order valence-electron chi connectivity index (χ0n) is 15.0. The van der Waals surface area contributed by atoms with Crippen LogP contribution >= 0.6 is 0 Å². The molecule has 0 heterocycles. The summed E-state index contributed by atoms with van der Waals surface area (Å²) in [7, 11) is 1.62. The average Bonchev–Trinajstić information content (AvgIpc) is 2.59. The van der Waals surface area contributed by atoms with Gasteiger partial charge >= 0.3 is 0 Å². The number of aliphatic hydroxyl groups is 1. The molecule has 0 radical (unpaired) electrons. The SMILES string of the molecule is COc1ccc([C@@H](C)NC(=O)c2cccc(C#CC(C)(C)O)c2)cc1. The minimum atomic E-state index is -1.07. The molecule has 0 bridgehead atoms. The van der Waals surface area contributed by atoms with Crippen LogP contribution in [0.3, 0.4) is 0 Å². The number of rotatable bonds is 4. The molecule has 0 aliphatic carbocycles. The number of carbonyl (C=O) groups excluding carboxylic acids is 1. The molecule has 0 unspecified atom stereocenters. The third-order valence-electron chi connectivity index (χ3n) is 3.60. The zero-order valence-corrected chi connectivity index (χ0v) is 15.0. The smallest absolute Gasteiger partial charge is 0.251 e. The maximum Gasteiger partial charge on any atom is 0.251 e. The molecule has 2 aromatic carbocycles. The van der Waals surface area contributed by atoms with Crippen molar-refractivity contribution in [3.63, 3.8) is 0 Å². The highest BCUT2D eigenvalue weighted by Crippen LogP contribution is 2.18. The third kappa shape index (κ3) is 5.66. The van der Waals surface area contributed by atoms with Crippen LogP contribution in [0.2, 0.25) is 0 Å². The lowest BCUT2D eigenvalue weighted by Gasteiger charge is -2.15. The second kappa shape index (κ2) is 7.87. The molecule has 0 aliphatic rings. The van der Waals surface area contributed by atoms with E-state index >= 15 is 0 Å². The Hall–Kier alpha value is -2.77. The van der Waals surface area contributed by atoms with Crippen molar-refractivity contribution in [2.24, 2.45) is 0 Å². The average molecular weight is 337 g/mol. The molecule has 1 atom stereocenters. The predicted molar refractivity (Wildman–Crippen MR) is 98.5 cm³/mol. The molecular weight excluding hydrogens is 314 g/mol. The van der Waals surface area contributed by atoms with Gasteiger partial charge in [-0.3, -0.25) is 4.79 Å². The molecule has 0 saturated carbocycles. The Morgan fingerprint density at radius 3 is 2.48 bits per heavy atom. The predicted octanol–water partition coefficient (Wildman–Crippen LogP) is 3.31. The Morgan fingerprint density at radius 2 is 1.88 bits per heavy atom. The summed E-state index contributed by atoms with van der Waals surface area (Å²) in [6, 6.07) is 14.5. The molecule has 2 rings (SSSR count). The Kier molecular flexibility index (Phi) is 5.84. The second-order valence-corrected chi connectivity index (χ2v) is 6.36. The van der Waals surface area contributed by atoms with Crippen molar-refractivity contribution in [2.45, 2.75) is 32.4 Å². The molecule has 0 fully saturated rings. The molecule has 4 heteroatoms. The zero-order chi connectivity index (χ0) is 18.4. The van der Waals surface area contributed by atoms with Gasteiger partial charge in [0.25, 0.3) is 5.91 Å². The minimum Gasteiger partial charge on any atom is -0.497 e.